The lowest BCUT2D eigenvalue weighted by atomic mass is 9.99. The Morgan fingerprint density at radius 1 is 1.18 bits per heavy atom. The third-order valence-electron chi connectivity index (χ3n) is 4.54. The number of alkyl halides is 4. The molecule has 6 nitrogen and oxygen atoms in total. The van der Waals surface area contributed by atoms with Gasteiger partial charge in [0.15, 0.2) is 17.2 Å². The van der Waals surface area contributed by atoms with E-state index in [0.29, 0.717) is 4.90 Å². The summed E-state index contributed by atoms with van der Waals surface area (Å²) in [5.74, 6) is -11.5. The topological polar surface area (TPSA) is 70.7 Å². The SMILES string of the molecule is O=C(O)c1cnc2ccc(N3CC(F)(F)C(F)(F)C3c3cccc(F)c3)nn12. The summed E-state index contributed by atoms with van der Waals surface area (Å²) in [7, 11) is 0. The molecule has 3 aromatic rings. The summed E-state index contributed by atoms with van der Waals surface area (Å²) in [6.45, 7) is -1.38. The van der Waals surface area contributed by atoms with Gasteiger partial charge in [-0.25, -0.2) is 18.7 Å². The number of anilines is 1. The Morgan fingerprint density at radius 3 is 2.61 bits per heavy atom. The number of halogens is 5. The average molecular weight is 398 g/mol. The molecule has 0 bridgehead atoms. The molecule has 0 amide bonds. The van der Waals surface area contributed by atoms with E-state index in [-0.39, 0.29) is 22.7 Å². The van der Waals surface area contributed by atoms with Crippen LogP contribution in [0, 0.1) is 5.82 Å². The van der Waals surface area contributed by atoms with E-state index >= 15 is 0 Å². The number of nitrogens with zero attached hydrogens (tertiary/aromatic N) is 4. The lowest BCUT2D eigenvalue weighted by Crippen LogP contribution is -2.40. The molecular weight excluding hydrogens is 387 g/mol. The Bertz CT molecular complexity index is 1080. The zero-order valence-electron chi connectivity index (χ0n) is 13.9. The standard InChI is InChI=1S/C17H11F5N4O2/c18-10-3-1-2-9(6-10)14-17(21,22)16(19,20)8-25(14)13-5-4-12-23-7-11(15(27)28)26(12)24-13/h1-7,14H,8H2,(H,27,28). The van der Waals surface area contributed by atoms with Crippen molar-refractivity contribution in [3.05, 3.63) is 59.7 Å². The summed E-state index contributed by atoms with van der Waals surface area (Å²) in [5, 5.41) is 13.1. The Hall–Kier alpha value is -3.24. The molecule has 1 N–H and O–H groups in total. The third kappa shape index (κ3) is 2.57. The normalized spacial score (nSPS) is 20.6. The highest BCUT2D eigenvalue weighted by molar-refractivity contribution is 5.86. The van der Waals surface area contributed by atoms with E-state index in [1.807, 2.05) is 0 Å². The Balaban J connectivity index is 1.88. The smallest absolute Gasteiger partial charge is 0.356 e. The number of fused-ring (bicyclic) bond motifs is 1. The molecule has 1 unspecified atom stereocenters. The molecular formula is C17H11F5N4O2. The van der Waals surface area contributed by atoms with Gasteiger partial charge in [-0.1, -0.05) is 12.1 Å². The number of aromatic carboxylic acids is 1. The molecule has 1 aliphatic heterocycles. The van der Waals surface area contributed by atoms with Gasteiger partial charge >= 0.3 is 17.8 Å². The van der Waals surface area contributed by atoms with Gasteiger partial charge in [-0.15, -0.1) is 5.10 Å². The zero-order chi connectivity index (χ0) is 20.3. The maximum absolute atomic E-state index is 14.5. The maximum Gasteiger partial charge on any atom is 0.356 e. The first kappa shape index (κ1) is 18.1. The predicted molar refractivity (Wildman–Crippen MR) is 86.3 cm³/mol. The van der Waals surface area contributed by atoms with Gasteiger partial charge in [-0.05, 0) is 29.8 Å². The second kappa shape index (κ2) is 5.88. The molecule has 146 valence electrons. The number of carboxylic acids is 1. The van der Waals surface area contributed by atoms with E-state index in [2.05, 4.69) is 10.1 Å². The number of hydrogen-bond acceptors (Lipinski definition) is 4. The summed E-state index contributed by atoms with van der Waals surface area (Å²) >= 11 is 0. The van der Waals surface area contributed by atoms with E-state index in [9.17, 15) is 26.7 Å². The Kier molecular flexibility index (Phi) is 3.81. The maximum atomic E-state index is 14.5. The van der Waals surface area contributed by atoms with Gasteiger partial charge in [0.1, 0.15) is 11.9 Å². The number of carboxylic acid groups (broad SMARTS) is 1. The van der Waals surface area contributed by atoms with Crippen LogP contribution in [0.4, 0.5) is 27.8 Å². The predicted octanol–water partition coefficient (Wildman–Crippen LogP) is 3.40. The summed E-state index contributed by atoms with van der Waals surface area (Å²) in [6.07, 6.45) is 1.01. The first-order valence-electron chi connectivity index (χ1n) is 7.97. The van der Waals surface area contributed by atoms with Crippen LogP contribution in [-0.4, -0.2) is 44.1 Å². The number of hydrogen-bond donors (Lipinski definition) is 1. The second-order valence-electron chi connectivity index (χ2n) is 6.32. The number of imidazole rings is 1. The van der Waals surface area contributed by atoms with Crippen molar-refractivity contribution in [3.63, 3.8) is 0 Å². The lowest BCUT2D eigenvalue weighted by molar-refractivity contribution is -0.187. The molecule has 4 rings (SSSR count). The summed E-state index contributed by atoms with van der Waals surface area (Å²) in [5.41, 5.74) is -0.619. The quantitative estimate of drug-likeness (QED) is 0.685. The van der Waals surface area contributed by atoms with Crippen molar-refractivity contribution in [2.75, 3.05) is 11.4 Å². The van der Waals surface area contributed by atoms with Gasteiger partial charge in [-0.2, -0.15) is 17.6 Å². The molecule has 1 saturated heterocycles. The monoisotopic (exact) mass is 398 g/mol. The minimum absolute atomic E-state index is 0.0983. The molecule has 1 aromatic carbocycles. The van der Waals surface area contributed by atoms with Crippen LogP contribution in [0.15, 0.2) is 42.6 Å². The van der Waals surface area contributed by atoms with Crippen LogP contribution in [0.5, 0.6) is 0 Å². The van der Waals surface area contributed by atoms with Crippen molar-refractivity contribution >= 4 is 17.4 Å². The second-order valence-corrected chi connectivity index (χ2v) is 6.32. The minimum Gasteiger partial charge on any atom is -0.476 e. The van der Waals surface area contributed by atoms with Gasteiger partial charge in [0, 0.05) is 0 Å². The minimum atomic E-state index is -4.51. The molecule has 28 heavy (non-hydrogen) atoms. The van der Waals surface area contributed by atoms with E-state index in [4.69, 9.17) is 5.11 Å². The van der Waals surface area contributed by atoms with Gasteiger partial charge in [0.2, 0.25) is 0 Å². The molecule has 3 heterocycles. The number of rotatable bonds is 3. The molecule has 11 heteroatoms. The highest BCUT2D eigenvalue weighted by Gasteiger charge is 2.69. The fraction of sp³-hybridized carbons (Fsp3) is 0.235. The molecule has 1 aliphatic rings. The van der Waals surface area contributed by atoms with Crippen molar-refractivity contribution in [2.45, 2.75) is 17.9 Å². The van der Waals surface area contributed by atoms with Crippen LogP contribution >= 0.6 is 0 Å². The molecule has 0 aliphatic carbocycles. The van der Waals surface area contributed by atoms with Gasteiger partial charge in [0.25, 0.3) is 0 Å². The van der Waals surface area contributed by atoms with Crippen LogP contribution < -0.4 is 4.90 Å². The van der Waals surface area contributed by atoms with Crippen molar-refractivity contribution in [2.24, 2.45) is 0 Å². The summed E-state index contributed by atoms with van der Waals surface area (Å²) in [6, 6.07) is 4.28. The van der Waals surface area contributed by atoms with Crippen molar-refractivity contribution in [1.29, 1.82) is 0 Å². The number of aromatic nitrogens is 3. The third-order valence-corrected chi connectivity index (χ3v) is 4.54. The largest absolute Gasteiger partial charge is 0.476 e. The van der Waals surface area contributed by atoms with E-state index in [0.717, 1.165) is 35.0 Å². The molecule has 2 aromatic heterocycles. The first-order valence-corrected chi connectivity index (χ1v) is 7.97. The molecule has 0 radical (unpaired) electrons. The molecule has 0 spiro atoms. The zero-order valence-corrected chi connectivity index (χ0v) is 13.9. The van der Waals surface area contributed by atoms with E-state index in [1.54, 1.807) is 0 Å². The van der Waals surface area contributed by atoms with Gasteiger partial charge < -0.3 is 10.0 Å². The van der Waals surface area contributed by atoms with E-state index < -0.39 is 36.2 Å². The number of carbonyl (C=O) groups is 1. The number of benzene rings is 1. The lowest BCUT2D eigenvalue weighted by Gasteiger charge is -2.28. The van der Waals surface area contributed by atoms with Crippen LogP contribution in [0.25, 0.3) is 5.65 Å². The van der Waals surface area contributed by atoms with Crippen LogP contribution in [0.3, 0.4) is 0 Å². The Labute approximate surface area is 153 Å². The fourth-order valence-corrected chi connectivity index (χ4v) is 3.25. The van der Waals surface area contributed by atoms with Crippen molar-refractivity contribution in [3.8, 4) is 0 Å². The molecule has 1 fully saturated rings. The van der Waals surface area contributed by atoms with Crippen molar-refractivity contribution in [1.82, 2.24) is 14.6 Å². The highest BCUT2D eigenvalue weighted by Crippen LogP contribution is 2.53. The van der Waals surface area contributed by atoms with Gasteiger partial charge in [0.05, 0.1) is 12.7 Å². The molecule has 0 saturated carbocycles. The van der Waals surface area contributed by atoms with Crippen molar-refractivity contribution < 1.29 is 31.9 Å². The first-order chi connectivity index (χ1) is 13.1. The molecule has 1 atom stereocenters. The van der Waals surface area contributed by atoms with Crippen LogP contribution in [0.2, 0.25) is 0 Å². The Morgan fingerprint density at radius 2 is 1.93 bits per heavy atom. The van der Waals surface area contributed by atoms with Crippen LogP contribution in [0.1, 0.15) is 22.1 Å². The van der Waals surface area contributed by atoms with Gasteiger partial charge in [-0.3, -0.25) is 0 Å². The average Bonchev–Trinajstić information content (AvgIpc) is 3.11. The highest BCUT2D eigenvalue weighted by atomic mass is 19.3. The summed E-state index contributed by atoms with van der Waals surface area (Å²) in [4.78, 5) is 15.7. The van der Waals surface area contributed by atoms with E-state index in [1.165, 1.54) is 12.1 Å². The van der Waals surface area contributed by atoms with Crippen LogP contribution in [-0.2, 0) is 0 Å². The fourth-order valence-electron chi connectivity index (χ4n) is 3.25. The summed E-state index contributed by atoms with van der Waals surface area (Å²) < 4.78 is 71.8.